The normalized spacial score (nSPS) is 15.2. The van der Waals surface area contributed by atoms with E-state index >= 15 is 0 Å². The number of halogens is 1. The number of hydrogen-bond acceptors (Lipinski definition) is 4. The quantitative estimate of drug-likeness (QED) is 0.661. The minimum Gasteiger partial charge on any atom is -0.493 e. The summed E-state index contributed by atoms with van der Waals surface area (Å²) in [4.78, 5) is 15.0. The maximum absolute atomic E-state index is 12.7. The molecule has 1 amide bonds. The van der Waals surface area contributed by atoms with Gasteiger partial charge in [-0.3, -0.25) is 9.69 Å². The van der Waals surface area contributed by atoms with Crippen LogP contribution in [0.3, 0.4) is 0 Å². The van der Waals surface area contributed by atoms with Gasteiger partial charge in [-0.05, 0) is 69.1 Å². The van der Waals surface area contributed by atoms with Crippen molar-refractivity contribution in [2.45, 2.75) is 45.9 Å². The average molecular weight is 431 g/mol. The van der Waals surface area contributed by atoms with E-state index in [0.717, 1.165) is 48.6 Å². The number of nitrogens with zero attached hydrogens (tertiary/aromatic N) is 1. The van der Waals surface area contributed by atoms with E-state index in [4.69, 9.17) is 21.1 Å². The highest BCUT2D eigenvalue weighted by molar-refractivity contribution is 6.31. The maximum Gasteiger partial charge on any atom is 0.223 e. The van der Waals surface area contributed by atoms with Crippen LogP contribution >= 0.6 is 11.6 Å². The van der Waals surface area contributed by atoms with Crippen LogP contribution in [0.2, 0.25) is 5.02 Å². The smallest absolute Gasteiger partial charge is 0.223 e. The average Bonchev–Trinajstić information content (AvgIpc) is 2.74. The first kappa shape index (κ1) is 22.4. The molecule has 0 radical (unpaired) electrons. The number of rotatable bonds is 8. The third-order valence-corrected chi connectivity index (χ3v) is 5.74. The summed E-state index contributed by atoms with van der Waals surface area (Å²) in [6.45, 7) is 7.08. The Morgan fingerprint density at radius 1 is 1.17 bits per heavy atom. The summed E-state index contributed by atoms with van der Waals surface area (Å²) in [5, 5.41) is 3.88. The third kappa shape index (κ3) is 6.13. The lowest BCUT2D eigenvalue weighted by atomic mass is 9.95. The number of piperidine rings is 1. The fourth-order valence-corrected chi connectivity index (χ4v) is 3.92. The second kappa shape index (κ2) is 10.7. The van der Waals surface area contributed by atoms with Crippen molar-refractivity contribution >= 4 is 17.5 Å². The first-order valence-corrected chi connectivity index (χ1v) is 10.9. The van der Waals surface area contributed by atoms with Crippen molar-refractivity contribution in [3.8, 4) is 11.5 Å². The van der Waals surface area contributed by atoms with E-state index in [1.165, 1.54) is 0 Å². The molecule has 3 rings (SSSR count). The van der Waals surface area contributed by atoms with Crippen LogP contribution in [0.1, 0.15) is 37.8 Å². The number of hydrogen-bond donors (Lipinski definition) is 1. The molecule has 5 nitrogen and oxygen atoms in total. The molecule has 1 saturated heterocycles. The molecule has 30 heavy (non-hydrogen) atoms. The van der Waals surface area contributed by atoms with Gasteiger partial charge in [0.2, 0.25) is 5.91 Å². The molecular weight excluding hydrogens is 400 g/mol. The molecule has 6 heteroatoms. The Kier molecular flexibility index (Phi) is 8.00. The summed E-state index contributed by atoms with van der Waals surface area (Å²) in [5.41, 5.74) is 2.13. The number of benzene rings is 2. The summed E-state index contributed by atoms with van der Waals surface area (Å²) in [5.74, 6) is 1.57. The molecule has 0 bridgehead atoms. The highest BCUT2D eigenvalue weighted by Gasteiger charge is 2.25. The van der Waals surface area contributed by atoms with E-state index in [0.29, 0.717) is 18.0 Å². The standard InChI is InChI=1S/C24H31ClN2O3/c1-17(2)30-22-9-8-18(14-23(22)29-3)15-26-24(28)19-10-12-27(13-11-19)16-20-6-4-5-7-21(20)25/h4-9,14,17,19H,10-13,15-16H2,1-3H3,(H,26,28). The Bertz CT molecular complexity index is 848. The Morgan fingerprint density at radius 3 is 2.57 bits per heavy atom. The van der Waals surface area contributed by atoms with Crippen molar-refractivity contribution in [1.82, 2.24) is 10.2 Å². The molecule has 1 aliphatic heterocycles. The van der Waals surface area contributed by atoms with Gasteiger partial charge in [-0.1, -0.05) is 35.9 Å². The molecule has 0 unspecified atom stereocenters. The van der Waals surface area contributed by atoms with Gasteiger partial charge in [0.25, 0.3) is 0 Å². The van der Waals surface area contributed by atoms with Gasteiger partial charge in [0.05, 0.1) is 13.2 Å². The molecule has 162 valence electrons. The highest BCUT2D eigenvalue weighted by Crippen LogP contribution is 2.29. The third-order valence-electron chi connectivity index (χ3n) is 5.37. The molecule has 0 spiro atoms. The van der Waals surface area contributed by atoms with Crippen molar-refractivity contribution in [2.24, 2.45) is 5.92 Å². The highest BCUT2D eigenvalue weighted by atomic mass is 35.5. The zero-order valence-electron chi connectivity index (χ0n) is 18.0. The molecule has 0 atom stereocenters. The SMILES string of the molecule is COc1cc(CNC(=O)C2CCN(Cc3ccccc3Cl)CC2)ccc1OC(C)C. The van der Waals surface area contributed by atoms with Crippen LogP contribution in [0.4, 0.5) is 0 Å². The molecule has 1 aliphatic rings. The van der Waals surface area contributed by atoms with E-state index in [-0.39, 0.29) is 17.9 Å². The number of amides is 1. The van der Waals surface area contributed by atoms with Crippen molar-refractivity contribution in [3.05, 3.63) is 58.6 Å². The van der Waals surface area contributed by atoms with E-state index < -0.39 is 0 Å². The fourth-order valence-electron chi connectivity index (χ4n) is 3.73. The Labute approximate surface area is 184 Å². The molecule has 1 fully saturated rings. The number of carbonyl (C=O) groups is 1. The van der Waals surface area contributed by atoms with Crippen LogP contribution in [0.15, 0.2) is 42.5 Å². The largest absolute Gasteiger partial charge is 0.493 e. The predicted octanol–water partition coefficient (Wildman–Crippen LogP) is 4.66. The number of methoxy groups -OCH3 is 1. The first-order chi connectivity index (χ1) is 14.5. The van der Waals surface area contributed by atoms with Gasteiger partial charge >= 0.3 is 0 Å². The number of carbonyl (C=O) groups excluding carboxylic acids is 1. The number of ether oxygens (including phenoxy) is 2. The molecule has 2 aromatic carbocycles. The van der Waals surface area contributed by atoms with Gasteiger partial charge in [-0.25, -0.2) is 0 Å². The predicted molar refractivity (Wildman–Crippen MR) is 120 cm³/mol. The molecule has 2 aromatic rings. The topological polar surface area (TPSA) is 50.8 Å². The van der Waals surface area contributed by atoms with Crippen molar-refractivity contribution in [2.75, 3.05) is 20.2 Å². The molecule has 0 saturated carbocycles. The van der Waals surface area contributed by atoms with Gasteiger partial charge in [0, 0.05) is 24.0 Å². The fraction of sp³-hybridized carbons (Fsp3) is 0.458. The summed E-state index contributed by atoms with van der Waals surface area (Å²) in [6, 6.07) is 13.7. The lowest BCUT2D eigenvalue weighted by Gasteiger charge is -2.31. The monoisotopic (exact) mass is 430 g/mol. The second-order valence-electron chi connectivity index (χ2n) is 8.01. The molecule has 0 aromatic heterocycles. The number of nitrogens with one attached hydrogen (secondary N) is 1. The van der Waals surface area contributed by atoms with Crippen molar-refractivity contribution in [1.29, 1.82) is 0 Å². The van der Waals surface area contributed by atoms with Crippen LogP contribution in [0.25, 0.3) is 0 Å². The van der Waals surface area contributed by atoms with Crippen molar-refractivity contribution in [3.63, 3.8) is 0 Å². The first-order valence-electron chi connectivity index (χ1n) is 10.5. The maximum atomic E-state index is 12.7. The van der Waals surface area contributed by atoms with Crippen LogP contribution < -0.4 is 14.8 Å². The van der Waals surface area contributed by atoms with Gasteiger partial charge in [0.1, 0.15) is 0 Å². The van der Waals surface area contributed by atoms with E-state index in [1.54, 1.807) is 7.11 Å². The van der Waals surface area contributed by atoms with Crippen molar-refractivity contribution < 1.29 is 14.3 Å². The van der Waals surface area contributed by atoms with Crippen LogP contribution in [0.5, 0.6) is 11.5 Å². The molecule has 0 aliphatic carbocycles. The molecular formula is C24H31ClN2O3. The Morgan fingerprint density at radius 2 is 1.90 bits per heavy atom. The Balaban J connectivity index is 1.47. The Hall–Kier alpha value is -2.24. The summed E-state index contributed by atoms with van der Waals surface area (Å²) < 4.78 is 11.2. The van der Waals surface area contributed by atoms with E-state index in [2.05, 4.69) is 16.3 Å². The van der Waals surface area contributed by atoms with Crippen LogP contribution in [0, 0.1) is 5.92 Å². The second-order valence-corrected chi connectivity index (χ2v) is 8.42. The summed E-state index contributed by atoms with van der Waals surface area (Å²) >= 11 is 6.27. The lowest BCUT2D eigenvalue weighted by Crippen LogP contribution is -2.40. The van der Waals surface area contributed by atoms with E-state index in [1.807, 2.05) is 50.2 Å². The van der Waals surface area contributed by atoms with Crippen LogP contribution in [-0.4, -0.2) is 37.1 Å². The lowest BCUT2D eigenvalue weighted by molar-refractivity contribution is -0.126. The van der Waals surface area contributed by atoms with Crippen LogP contribution in [-0.2, 0) is 17.9 Å². The summed E-state index contributed by atoms with van der Waals surface area (Å²) in [6.07, 6.45) is 1.80. The zero-order chi connectivity index (χ0) is 21.5. The minimum absolute atomic E-state index is 0.0536. The zero-order valence-corrected chi connectivity index (χ0v) is 18.7. The van der Waals surface area contributed by atoms with Gasteiger partial charge in [-0.15, -0.1) is 0 Å². The molecule has 1 heterocycles. The summed E-state index contributed by atoms with van der Waals surface area (Å²) in [7, 11) is 1.63. The minimum atomic E-state index is 0.0536. The number of likely N-dealkylation sites (tertiary alicyclic amines) is 1. The van der Waals surface area contributed by atoms with E-state index in [9.17, 15) is 4.79 Å². The van der Waals surface area contributed by atoms with Gasteiger partial charge in [-0.2, -0.15) is 0 Å². The van der Waals surface area contributed by atoms with Gasteiger partial charge in [0.15, 0.2) is 11.5 Å². The van der Waals surface area contributed by atoms with Gasteiger partial charge < -0.3 is 14.8 Å². The molecule has 1 N–H and O–H groups in total.